The van der Waals surface area contributed by atoms with Gasteiger partial charge in [-0.3, -0.25) is 4.90 Å². The van der Waals surface area contributed by atoms with Gasteiger partial charge in [0.25, 0.3) is 0 Å². The number of rotatable bonds is 6. The minimum atomic E-state index is -3.34. The maximum Gasteiger partial charge on any atom is 0.179 e. The van der Waals surface area contributed by atoms with Crippen LogP contribution in [-0.4, -0.2) is 32.7 Å². The van der Waals surface area contributed by atoms with Crippen LogP contribution >= 0.6 is 0 Å². The number of sulfone groups is 1. The standard InChI is InChI=1S/C15H16N2O3S/c1-17(12-14-3-2-9-20-14)8-10-21(18,19)15-6-4-13(11-16)5-7-15/h2-7,9H,8,10,12H2,1H3. The Kier molecular flexibility index (Phi) is 4.78. The van der Waals surface area contributed by atoms with Crippen LogP contribution in [0.3, 0.4) is 0 Å². The van der Waals surface area contributed by atoms with Gasteiger partial charge in [0.1, 0.15) is 5.76 Å². The molecule has 110 valence electrons. The Morgan fingerprint density at radius 1 is 1.24 bits per heavy atom. The van der Waals surface area contributed by atoms with Gasteiger partial charge in [0.05, 0.1) is 35.1 Å². The average molecular weight is 304 g/mol. The molecule has 0 aliphatic rings. The molecular weight excluding hydrogens is 288 g/mol. The second-order valence-corrected chi connectivity index (χ2v) is 6.88. The van der Waals surface area contributed by atoms with Crippen molar-refractivity contribution < 1.29 is 12.8 Å². The third kappa shape index (κ3) is 4.18. The van der Waals surface area contributed by atoms with E-state index in [-0.39, 0.29) is 10.6 Å². The number of nitriles is 1. The van der Waals surface area contributed by atoms with Gasteiger partial charge in [0.15, 0.2) is 9.84 Å². The maximum atomic E-state index is 12.2. The van der Waals surface area contributed by atoms with E-state index in [9.17, 15) is 8.42 Å². The molecular formula is C15H16N2O3S. The van der Waals surface area contributed by atoms with Crippen LogP contribution < -0.4 is 0 Å². The zero-order chi connectivity index (χ0) is 15.3. The van der Waals surface area contributed by atoms with E-state index in [2.05, 4.69) is 0 Å². The molecule has 0 amide bonds. The van der Waals surface area contributed by atoms with Crippen LogP contribution in [0.25, 0.3) is 0 Å². The van der Waals surface area contributed by atoms with Crippen LogP contribution in [0.4, 0.5) is 0 Å². The first kappa shape index (κ1) is 15.3. The molecule has 21 heavy (non-hydrogen) atoms. The van der Waals surface area contributed by atoms with Crippen LogP contribution in [-0.2, 0) is 16.4 Å². The van der Waals surface area contributed by atoms with Crippen LogP contribution in [0.1, 0.15) is 11.3 Å². The number of hydrogen-bond acceptors (Lipinski definition) is 5. The Hall–Kier alpha value is -2.10. The Labute approximate surface area is 124 Å². The molecule has 1 aromatic carbocycles. The molecule has 0 fully saturated rings. The highest BCUT2D eigenvalue weighted by Gasteiger charge is 2.15. The number of hydrogen-bond donors (Lipinski definition) is 0. The molecule has 2 rings (SSSR count). The second kappa shape index (κ2) is 6.57. The Bertz CT molecular complexity index is 713. The first-order chi connectivity index (χ1) is 10.0. The fourth-order valence-electron chi connectivity index (χ4n) is 1.88. The van der Waals surface area contributed by atoms with E-state index < -0.39 is 9.84 Å². The third-order valence-corrected chi connectivity index (χ3v) is 4.80. The van der Waals surface area contributed by atoms with Gasteiger partial charge in [-0.1, -0.05) is 0 Å². The molecule has 5 nitrogen and oxygen atoms in total. The molecule has 0 radical (unpaired) electrons. The molecule has 0 bridgehead atoms. The summed E-state index contributed by atoms with van der Waals surface area (Å²) in [6.45, 7) is 0.971. The SMILES string of the molecule is CN(CCS(=O)(=O)c1ccc(C#N)cc1)Cc1ccco1. The van der Waals surface area contributed by atoms with E-state index in [1.54, 1.807) is 12.3 Å². The van der Waals surface area contributed by atoms with E-state index in [1.807, 2.05) is 24.1 Å². The van der Waals surface area contributed by atoms with Crippen molar-refractivity contribution in [3.8, 4) is 6.07 Å². The van der Waals surface area contributed by atoms with Crippen LogP contribution in [0.2, 0.25) is 0 Å². The molecule has 0 aliphatic heterocycles. The lowest BCUT2D eigenvalue weighted by Gasteiger charge is -2.15. The molecule has 0 saturated carbocycles. The average Bonchev–Trinajstić information content (AvgIpc) is 2.98. The first-order valence-corrected chi connectivity index (χ1v) is 8.10. The zero-order valence-corrected chi connectivity index (χ0v) is 12.5. The Morgan fingerprint density at radius 3 is 2.52 bits per heavy atom. The smallest absolute Gasteiger partial charge is 0.179 e. The molecule has 6 heteroatoms. The van der Waals surface area contributed by atoms with Gasteiger partial charge < -0.3 is 4.42 Å². The third-order valence-electron chi connectivity index (χ3n) is 3.09. The molecule has 0 aliphatic carbocycles. The largest absolute Gasteiger partial charge is 0.468 e. The predicted molar refractivity (Wildman–Crippen MR) is 78.3 cm³/mol. The summed E-state index contributed by atoms with van der Waals surface area (Å²) in [5.74, 6) is 0.823. The lowest BCUT2D eigenvalue weighted by molar-refractivity contribution is 0.310. The number of benzene rings is 1. The molecule has 0 saturated heterocycles. The minimum Gasteiger partial charge on any atom is -0.468 e. The fraction of sp³-hybridized carbons (Fsp3) is 0.267. The summed E-state index contributed by atoms with van der Waals surface area (Å²) >= 11 is 0. The topological polar surface area (TPSA) is 74.3 Å². The van der Waals surface area contributed by atoms with E-state index in [0.717, 1.165) is 5.76 Å². The Balaban J connectivity index is 1.95. The van der Waals surface area contributed by atoms with Gasteiger partial charge >= 0.3 is 0 Å². The highest BCUT2D eigenvalue weighted by molar-refractivity contribution is 7.91. The van der Waals surface area contributed by atoms with Gasteiger partial charge in [-0.25, -0.2) is 8.42 Å². The molecule has 1 heterocycles. The summed E-state index contributed by atoms with van der Waals surface area (Å²) in [5.41, 5.74) is 0.448. The van der Waals surface area contributed by atoms with Crippen molar-refractivity contribution in [3.63, 3.8) is 0 Å². The molecule has 0 N–H and O–H groups in total. The monoisotopic (exact) mass is 304 g/mol. The predicted octanol–water partition coefficient (Wildman–Crippen LogP) is 2.06. The minimum absolute atomic E-state index is 0.0239. The van der Waals surface area contributed by atoms with Crippen molar-refractivity contribution >= 4 is 9.84 Å². The molecule has 2 aromatic rings. The highest BCUT2D eigenvalue weighted by Crippen LogP contribution is 2.13. The van der Waals surface area contributed by atoms with E-state index in [4.69, 9.17) is 9.68 Å². The van der Waals surface area contributed by atoms with Crippen LogP contribution in [0, 0.1) is 11.3 Å². The van der Waals surface area contributed by atoms with Gasteiger partial charge in [-0.2, -0.15) is 5.26 Å². The summed E-state index contributed by atoms with van der Waals surface area (Å²) in [6, 6.07) is 11.6. The lowest BCUT2D eigenvalue weighted by Crippen LogP contribution is -2.25. The quantitative estimate of drug-likeness (QED) is 0.816. The van der Waals surface area contributed by atoms with Crippen molar-refractivity contribution in [1.82, 2.24) is 4.90 Å². The molecule has 0 atom stereocenters. The van der Waals surface area contributed by atoms with E-state index >= 15 is 0 Å². The summed E-state index contributed by atoms with van der Waals surface area (Å²) < 4.78 is 29.6. The summed E-state index contributed by atoms with van der Waals surface area (Å²) in [7, 11) is -1.50. The van der Waals surface area contributed by atoms with Gasteiger partial charge in [0, 0.05) is 6.54 Å². The van der Waals surface area contributed by atoms with Gasteiger partial charge in [-0.05, 0) is 43.4 Å². The van der Waals surface area contributed by atoms with Crippen molar-refractivity contribution in [2.24, 2.45) is 0 Å². The maximum absolute atomic E-state index is 12.2. The molecule has 1 aromatic heterocycles. The van der Waals surface area contributed by atoms with Crippen molar-refractivity contribution in [2.45, 2.75) is 11.4 Å². The number of furan rings is 1. The summed E-state index contributed by atoms with van der Waals surface area (Å²) in [6.07, 6.45) is 1.59. The Morgan fingerprint density at radius 2 is 1.95 bits per heavy atom. The summed E-state index contributed by atoms with van der Waals surface area (Å²) in [5, 5.41) is 8.71. The molecule has 0 unspecified atom stereocenters. The lowest BCUT2D eigenvalue weighted by atomic mass is 10.2. The normalized spacial score (nSPS) is 11.5. The van der Waals surface area contributed by atoms with Crippen LogP contribution in [0.15, 0.2) is 52.0 Å². The van der Waals surface area contributed by atoms with Crippen molar-refractivity contribution in [1.29, 1.82) is 5.26 Å². The summed E-state index contributed by atoms with van der Waals surface area (Å²) in [4.78, 5) is 2.13. The van der Waals surface area contributed by atoms with E-state index in [1.165, 1.54) is 24.3 Å². The molecule has 0 spiro atoms. The first-order valence-electron chi connectivity index (χ1n) is 6.45. The fourth-order valence-corrected chi connectivity index (χ4v) is 3.22. The van der Waals surface area contributed by atoms with Crippen molar-refractivity contribution in [3.05, 3.63) is 54.0 Å². The highest BCUT2D eigenvalue weighted by atomic mass is 32.2. The van der Waals surface area contributed by atoms with E-state index in [0.29, 0.717) is 18.7 Å². The van der Waals surface area contributed by atoms with Gasteiger partial charge in [-0.15, -0.1) is 0 Å². The van der Waals surface area contributed by atoms with Crippen LogP contribution in [0.5, 0.6) is 0 Å². The zero-order valence-electron chi connectivity index (χ0n) is 11.7. The second-order valence-electron chi connectivity index (χ2n) is 4.77. The van der Waals surface area contributed by atoms with Gasteiger partial charge in [0.2, 0.25) is 0 Å². The van der Waals surface area contributed by atoms with Crippen molar-refractivity contribution in [2.75, 3.05) is 19.3 Å². The number of nitrogens with zero attached hydrogens (tertiary/aromatic N) is 2.